The van der Waals surface area contributed by atoms with Gasteiger partial charge in [0.15, 0.2) is 5.65 Å². The smallest absolute Gasteiger partial charge is 0.326 e. The van der Waals surface area contributed by atoms with E-state index in [1.807, 2.05) is 18.0 Å². The molecular weight excluding hydrogens is 517 g/mol. The number of aromatic nitrogens is 3. The number of alkyl halides is 3. The largest absolute Gasteiger partial charge is 0.416 e. The third-order valence-electron chi connectivity index (χ3n) is 6.66. The molecule has 0 saturated carbocycles. The van der Waals surface area contributed by atoms with Gasteiger partial charge in [0, 0.05) is 49.6 Å². The summed E-state index contributed by atoms with van der Waals surface area (Å²) in [6.45, 7) is 3.25. The van der Waals surface area contributed by atoms with E-state index < -0.39 is 17.6 Å². The number of halogens is 4. The number of pyridine rings is 1. The molecule has 3 heterocycles. The lowest BCUT2D eigenvalue weighted by atomic mass is 10.0. The Balaban J connectivity index is 1.29. The van der Waals surface area contributed by atoms with E-state index in [-0.39, 0.29) is 24.2 Å². The van der Waals surface area contributed by atoms with Crippen molar-refractivity contribution in [3.05, 3.63) is 82.8 Å². The van der Waals surface area contributed by atoms with Gasteiger partial charge in [-0.2, -0.15) is 13.2 Å². The predicted molar refractivity (Wildman–Crippen MR) is 140 cm³/mol. The molecule has 0 bridgehead atoms. The van der Waals surface area contributed by atoms with Crippen LogP contribution in [0.4, 0.5) is 18.9 Å². The molecule has 0 spiro atoms. The Hall–Kier alpha value is -3.47. The first-order chi connectivity index (χ1) is 18.2. The van der Waals surface area contributed by atoms with Gasteiger partial charge in [-0.1, -0.05) is 23.7 Å². The zero-order valence-electron chi connectivity index (χ0n) is 20.7. The van der Waals surface area contributed by atoms with Crippen LogP contribution in [0.25, 0.3) is 16.9 Å². The molecule has 1 fully saturated rings. The fourth-order valence-electron chi connectivity index (χ4n) is 4.55. The van der Waals surface area contributed by atoms with Crippen molar-refractivity contribution in [1.29, 1.82) is 0 Å². The monoisotopic (exact) mass is 542 g/mol. The zero-order valence-corrected chi connectivity index (χ0v) is 21.4. The minimum Gasteiger partial charge on any atom is -0.326 e. The number of fused-ring (bicyclic) bond motifs is 1. The molecule has 1 N–H and O–H groups in total. The van der Waals surface area contributed by atoms with Crippen molar-refractivity contribution < 1.29 is 18.0 Å². The molecule has 38 heavy (non-hydrogen) atoms. The molecule has 7 nitrogen and oxygen atoms in total. The highest BCUT2D eigenvalue weighted by atomic mass is 35.5. The molecule has 1 amide bonds. The van der Waals surface area contributed by atoms with Gasteiger partial charge in [0.2, 0.25) is 5.91 Å². The van der Waals surface area contributed by atoms with Crippen LogP contribution in [0.2, 0.25) is 5.02 Å². The molecule has 11 heteroatoms. The summed E-state index contributed by atoms with van der Waals surface area (Å²) >= 11 is 6.46. The number of carbonyl (C=O) groups excluding carboxylic acids is 1. The van der Waals surface area contributed by atoms with Gasteiger partial charge < -0.3 is 10.2 Å². The standard InChI is InChI=1S/C27H26ClF3N6O/c1-35-9-11-36(12-10-35)16-19-4-6-20(14-22(19)27(29,30)31)34-25(38)13-18-5-7-21(15-23(18)28)37-17-33-24-3-2-8-32-26(24)37/h2-8,14-15,17H,9-13,16H2,1H3,(H,34,38). The second kappa shape index (κ2) is 10.7. The number of likely N-dealkylation sites (N-methyl/N-ethyl adjacent to an activating group) is 1. The molecule has 0 radical (unpaired) electrons. The number of imidazole rings is 1. The van der Waals surface area contributed by atoms with E-state index in [1.165, 1.54) is 12.1 Å². The van der Waals surface area contributed by atoms with Gasteiger partial charge in [0.1, 0.15) is 11.8 Å². The molecule has 198 valence electrons. The number of anilines is 1. The first-order valence-electron chi connectivity index (χ1n) is 12.1. The molecule has 2 aromatic heterocycles. The predicted octanol–water partition coefficient (Wildman–Crippen LogP) is 5.02. The maximum absolute atomic E-state index is 13.9. The Labute approximate surface area is 222 Å². The molecule has 0 atom stereocenters. The highest BCUT2D eigenvalue weighted by Gasteiger charge is 2.34. The maximum atomic E-state index is 13.9. The van der Waals surface area contributed by atoms with Crippen LogP contribution in [0.3, 0.4) is 0 Å². The van der Waals surface area contributed by atoms with Crippen LogP contribution in [0.1, 0.15) is 16.7 Å². The molecule has 1 aliphatic heterocycles. The van der Waals surface area contributed by atoms with Crippen molar-refractivity contribution in [3.8, 4) is 5.69 Å². The van der Waals surface area contributed by atoms with E-state index in [0.717, 1.165) is 30.4 Å². The second-order valence-electron chi connectivity index (χ2n) is 9.41. The Kier molecular flexibility index (Phi) is 7.38. The molecule has 2 aromatic carbocycles. The van der Waals surface area contributed by atoms with Crippen molar-refractivity contribution in [1.82, 2.24) is 24.3 Å². The second-order valence-corrected chi connectivity index (χ2v) is 9.82. The van der Waals surface area contributed by atoms with Crippen LogP contribution in [-0.4, -0.2) is 63.5 Å². The molecule has 0 unspecified atom stereocenters. The molecule has 1 saturated heterocycles. The van der Waals surface area contributed by atoms with Crippen LogP contribution < -0.4 is 5.32 Å². The van der Waals surface area contributed by atoms with Gasteiger partial charge in [-0.15, -0.1) is 0 Å². The van der Waals surface area contributed by atoms with Crippen LogP contribution in [0, 0.1) is 0 Å². The summed E-state index contributed by atoms with van der Waals surface area (Å²) in [4.78, 5) is 25.5. The summed E-state index contributed by atoms with van der Waals surface area (Å²) < 4.78 is 43.4. The normalized spacial score (nSPS) is 15.2. The number of carbonyl (C=O) groups is 1. The summed E-state index contributed by atoms with van der Waals surface area (Å²) in [7, 11) is 2.00. The number of nitrogens with zero attached hydrogens (tertiary/aromatic N) is 5. The van der Waals surface area contributed by atoms with Gasteiger partial charge in [-0.3, -0.25) is 14.3 Å². The number of nitrogens with one attached hydrogen (secondary N) is 1. The van der Waals surface area contributed by atoms with Crippen molar-refractivity contribution in [3.63, 3.8) is 0 Å². The first-order valence-corrected chi connectivity index (χ1v) is 12.5. The van der Waals surface area contributed by atoms with E-state index in [4.69, 9.17) is 11.6 Å². The summed E-state index contributed by atoms with van der Waals surface area (Å²) in [6, 6.07) is 12.8. The van der Waals surface area contributed by atoms with E-state index in [9.17, 15) is 18.0 Å². The number of rotatable bonds is 6. The van der Waals surface area contributed by atoms with Crippen molar-refractivity contribution in [2.75, 3.05) is 38.5 Å². The minimum absolute atomic E-state index is 0.0908. The van der Waals surface area contributed by atoms with Crippen molar-refractivity contribution in [2.45, 2.75) is 19.1 Å². The van der Waals surface area contributed by atoms with Gasteiger partial charge in [-0.25, -0.2) is 9.97 Å². The lowest BCUT2D eigenvalue weighted by molar-refractivity contribution is -0.138. The fourth-order valence-corrected chi connectivity index (χ4v) is 4.79. The highest BCUT2D eigenvalue weighted by Crippen LogP contribution is 2.35. The Morgan fingerprint density at radius 1 is 1.03 bits per heavy atom. The third kappa shape index (κ3) is 5.82. The van der Waals surface area contributed by atoms with Crippen LogP contribution in [0.5, 0.6) is 0 Å². The Bertz CT molecular complexity index is 1460. The summed E-state index contributed by atoms with van der Waals surface area (Å²) in [5.41, 5.74) is 2.23. The lowest BCUT2D eigenvalue weighted by Gasteiger charge is -2.33. The summed E-state index contributed by atoms with van der Waals surface area (Å²) in [6.07, 6.45) is -1.31. The van der Waals surface area contributed by atoms with E-state index in [0.29, 0.717) is 29.3 Å². The van der Waals surface area contributed by atoms with Crippen LogP contribution in [0.15, 0.2) is 61.1 Å². The topological polar surface area (TPSA) is 66.3 Å². The third-order valence-corrected chi connectivity index (χ3v) is 7.01. The molecular formula is C27H26ClF3N6O. The number of amides is 1. The number of hydrogen-bond donors (Lipinski definition) is 1. The zero-order chi connectivity index (χ0) is 26.9. The number of piperazine rings is 1. The quantitative estimate of drug-likeness (QED) is 0.370. The SMILES string of the molecule is CN1CCN(Cc2ccc(NC(=O)Cc3ccc(-n4cnc5cccnc54)cc3Cl)cc2C(F)(F)F)CC1. The van der Waals surface area contributed by atoms with Crippen molar-refractivity contribution >= 4 is 34.4 Å². The molecule has 1 aliphatic rings. The average Bonchev–Trinajstić information content (AvgIpc) is 3.31. The average molecular weight is 543 g/mol. The van der Waals surface area contributed by atoms with E-state index >= 15 is 0 Å². The van der Waals surface area contributed by atoms with E-state index in [2.05, 4.69) is 20.2 Å². The highest BCUT2D eigenvalue weighted by molar-refractivity contribution is 6.31. The van der Waals surface area contributed by atoms with Crippen LogP contribution >= 0.6 is 11.6 Å². The molecule has 0 aliphatic carbocycles. The first kappa shape index (κ1) is 26.1. The van der Waals surface area contributed by atoms with Gasteiger partial charge in [0.05, 0.1) is 17.7 Å². The van der Waals surface area contributed by atoms with Gasteiger partial charge >= 0.3 is 6.18 Å². The fraction of sp³-hybridized carbons (Fsp3) is 0.296. The molecule has 5 rings (SSSR count). The summed E-state index contributed by atoms with van der Waals surface area (Å²) in [5.74, 6) is -0.464. The van der Waals surface area contributed by atoms with Crippen LogP contribution in [-0.2, 0) is 23.9 Å². The Morgan fingerprint density at radius 2 is 1.79 bits per heavy atom. The molecule has 4 aromatic rings. The number of benzene rings is 2. The van der Waals surface area contributed by atoms with E-state index in [1.54, 1.807) is 41.4 Å². The minimum atomic E-state index is -4.53. The Morgan fingerprint density at radius 3 is 2.53 bits per heavy atom. The van der Waals surface area contributed by atoms with Crippen molar-refractivity contribution in [2.24, 2.45) is 0 Å². The lowest BCUT2D eigenvalue weighted by Crippen LogP contribution is -2.44. The van der Waals surface area contributed by atoms with Gasteiger partial charge in [-0.05, 0) is 54.6 Å². The number of hydrogen-bond acceptors (Lipinski definition) is 5. The summed E-state index contributed by atoms with van der Waals surface area (Å²) in [5, 5.41) is 2.95. The maximum Gasteiger partial charge on any atom is 0.416 e. The van der Waals surface area contributed by atoms with Gasteiger partial charge in [0.25, 0.3) is 0 Å².